The van der Waals surface area contributed by atoms with Crippen molar-refractivity contribution in [2.45, 2.75) is 71.4 Å². The first-order chi connectivity index (χ1) is 10.4. The highest BCUT2D eigenvalue weighted by atomic mass is 16.6. The van der Waals surface area contributed by atoms with Crippen molar-refractivity contribution in [2.24, 2.45) is 0 Å². The molecule has 4 atom stereocenters. The average Bonchev–Trinajstić information content (AvgIpc) is 2.52. The van der Waals surface area contributed by atoms with Crippen LogP contribution in [0.1, 0.15) is 47.0 Å². The molecule has 7 heteroatoms. The first kappa shape index (κ1) is 18.4. The number of carbonyl (C=O) groups excluding carboxylic acids is 3. The van der Waals surface area contributed by atoms with E-state index in [1.807, 2.05) is 0 Å². The summed E-state index contributed by atoms with van der Waals surface area (Å²) in [6.45, 7) is 7.95. The molecule has 22 heavy (non-hydrogen) atoms. The summed E-state index contributed by atoms with van der Waals surface area (Å²) in [7, 11) is 0. The van der Waals surface area contributed by atoms with Gasteiger partial charge in [0.15, 0.2) is 18.3 Å². The Balaban J connectivity index is 2.92. The molecule has 1 aliphatic rings. The van der Waals surface area contributed by atoms with Crippen molar-refractivity contribution in [1.82, 2.24) is 0 Å². The van der Waals surface area contributed by atoms with Crippen LogP contribution in [-0.2, 0) is 33.3 Å². The highest BCUT2D eigenvalue weighted by Crippen LogP contribution is 2.27. The number of ether oxygens (including phenoxy) is 4. The predicted molar refractivity (Wildman–Crippen MR) is 75.4 cm³/mol. The van der Waals surface area contributed by atoms with E-state index in [9.17, 15) is 14.4 Å². The minimum Gasteiger partial charge on any atom is -0.455 e. The van der Waals surface area contributed by atoms with E-state index < -0.39 is 42.3 Å². The quantitative estimate of drug-likeness (QED) is 0.542. The lowest BCUT2D eigenvalue weighted by Gasteiger charge is -2.39. The fourth-order valence-corrected chi connectivity index (χ4v) is 1.91. The van der Waals surface area contributed by atoms with Crippen LogP contribution in [0.15, 0.2) is 0 Å². The molecule has 7 nitrogen and oxygen atoms in total. The number of hydrogen-bond acceptors (Lipinski definition) is 7. The molecule has 0 aromatic rings. The smallest absolute Gasteiger partial charge is 0.306 e. The lowest BCUT2D eigenvalue weighted by molar-refractivity contribution is -0.212. The van der Waals surface area contributed by atoms with Gasteiger partial charge >= 0.3 is 17.9 Å². The largest absolute Gasteiger partial charge is 0.455 e. The monoisotopic (exact) mass is 315 g/mol. The topological polar surface area (TPSA) is 88.1 Å². The molecule has 125 valence electrons. The Kier molecular flexibility index (Phi) is 7.31. The molecule has 1 rings (SSSR count). The summed E-state index contributed by atoms with van der Waals surface area (Å²) in [6.07, 6.45) is -2.65. The Labute approximate surface area is 130 Å². The Morgan fingerprint density at radius 3 is 1.82 bits per heavy atom. The average molecular weight is 315 g/mol. The lowest BCUT2D eigenvalue weighted by Crippen LogP contribution is -2.55. The van der Waals surface area contributed by atoms with Gasteiger partial charge in [0.2, 0.25) is 0 Å². The fraction of sp³-hybridized carbons (Fsp3) is 0.733. The minimum absolute atomic E-state index is 0.161. The zero-order valence-electron chi connectivity index (χ0n) is 13.4. The fourth-order valence-electron chi connectivity index (χ4n) is 1.91. The van der Waals surface area contributed by atoms with Crippen molar-refractivity contribution < 1.29 is 33.3 Å². The zero-order valence-corrected chi connectivity index (χ0v) is 13.4. The second-order valence-electron chi connectivity index (χ2n) is 4.90. The van der Waals surface area contributed by atoms with E-state index >= 15 is 0 Å². The van der Waals surface area contributed by atoms with E-state index in [-0.39, 0.29) is 19.3 Å². The van der Waals surface area contributed by atoms with Gasteiger partial charge in [-0.1, -0.05) is 20.8 Å². The van der Waals surface area contributed by atoms with Crippen molar-refractivity contribution in [1.29, 1.82) is 0 Å². The summed E-state index contributed by atoms with van der Waals surface area (Å²) >= 11 is 0. The van der Waals surface area contributed by atoms with Gasteiger partial charge in [-0.15, -0.1) is 0 Å². The SMILES string of the molecule is CCC(=O)O[C@@H]1[C@H](OC(=O)CC)[C@@H](C)O[CH][C@H]1OC(=O)CC. The summed E-state index contributed by atoms with van der Waals surface area (Å²) in [4.78, 5) is 34.7. The molecule has 1 aliphatic heterocycles. The Morgan fingerprint density at radius 1 is 0.864 bits per heavy atom. The summed E-state index contributed by atoms with van der Waals surface area (Å²) in [5, 5.41) is 0. The van der Waals surface area contributed by atoms with Crippen LogP contribution in [0.25, 0.3) is 0 Å². The van der Waals surface area contributed by atoms with Crippen LogP contribution in [0, 0.1) is 6.61 Å². The third-order valence-corrected chi connectivity index (χ3v) is 3.21. The van der Waals surface area contributed by atoms with Gasteiger partial charge in [-0.05, 0) is 6.92 Å². The normalized spacial score (nSPS) is 27.8. The van der Waals surface area contributed by atoms with Crippen LogP contribution in [0.5, 0.6) is 0 Å². The molecule has 0 aliphatic carbocycles. The third-order valence-electron chi connectivity index (χ3n) is 3.21. The van der Waals surface area contributed by atoms with Crippen LogP contribution in [0.3, 0.4) is 0 Å². The molecule has 1 saturated heterocycles. The second-order valence-corrected chi connectivity index (χ2v) is 4.90. The van der Waals surface area contributed by atoms with Gasteiger partial charge in [0.05, 0.1) is 6.10 Å². The Bertz CT molecular complexity index is 407. The second kappa shape index (κ2) is 8.73. The molecule has 1 fully saturated rings. The van der Waals surface area contributed by atoms with Crippen molar-refractivity contribution in [3.8, 4) is 0 Å². The summed E-state index contributed by atoms with van der Waals surface area (Å²) in [5.41, 5.74) is 0. The standard InChI is InChI=1S/C15H23O7/c1-5-11(16)20-10-8-19-9(4)14(21-12(17)6-2)15(10)22-13(18)7-3/h8-10,14-15H,5-7H2,1-4H3/t9-,10-,14-,15+/m1/s1. The predicted octanol–water partition coefficient (Wildman–Crippen LogP) is 1.53. The zero-order chi connectivity index (χ0) is 16.7. The van der Waals surface area contributed by atoms with Gasteiger partial charge in [0.1, 0.15) is 6.61 Å². The first-order valence-corrected chi connectivity index (χ1v) is 7.50. The Hall–Kier alpha value is -1.63. The maximum absolute atomic E-state index is 11.6. The molecule has 0 N–H and O–H groups in total. The van der Waals surface area contributed by atoms with Gasteiger partial charge < -0.3 is 18.9 Å². The molecule has 1 radical (unpaired) electrons. The van der Waals surface area contributed by atoms with Crippen molar-refractivity contribution in [3.63, 3.8) is 0 Å². The van der Waals surface area contributed by atoms with Crippen LogP contribution in [-0.4, -0.2) is 42.3 Å². The highest BCUT2D eigenvalue weighted by molar-refractivity contribution is 5.71. The van der Waals surface area contributed by atoms with Gasteiger partial charge in [0, 0.05) is 19.3 Å². The van der Waals surface area contributed by atoms with Gasteiger partial charge in [0.25, 0.3) is 0 Å². The summed E-state index contributed by atoms with van der Waals surface area (Å²) in [6, 6.07) is 0. The first-order valence-electron chi connectivity index (χ1n) is 7.50. The molecule has 0 spiro atoms. The van der Waals surface area contributed by atoms with Crippen LogP contribution >= 0.6 is 0 Å². The van der Waals surface area contributed by atoms with E-state index in [1.54, 1.807) is 27.7 Å². The van der Waals surface area contributed by atoms with Crippen LogP contribution in [0.4, 0.5) is 0 Å². The molecule has 0 saturated carbocycles. The number of rotatable bonds is 6. The number of carbonyl (C=O) groups is 3. The molecular weight excluding hydrogens is 292 g/mol. The van der Waals surface area contributed by atoms with Gasteiger partial charge in [-0.3, -0.25) is 14.4 Å². The Morgan fingerprint density at radius 2 is 1.32 bits per heavy atom. The lowest BCUT2D eigenvalue weighted by atomic mass is 10.00. The summed E-state index contributed by atoms with van der Waals surface area (Å²) < 4.78 is 21.2. The molecule has 0 bridgehead atoms. The minimum atomic E-state index is -0.915. The number of esters is 3. The van der Waals surface area contributed by atoms with Crippen molar-refractivity contribution >= 4 is 17.9 Å². The van der Waals surface area contributed by atoms with E-state index in [0.29, 0.717) is 0 Å². The maximum Gasteiger partial charge on any atom is 0.306 e. The van der Waals surface area contributed by atoms with Crippen LogP contribution in [0.2, 0.25) is 0 Å². The maximum atomic E-state index is 11.6. The summed E-state index contributed by atoms with van der Waals surface area (Å²) in [5.74, 6) is -1.37. The molecule has 1 heterocycles. The van der Waals surface area contributed by atoms with Gasteiger partial charge in [-0.2, -0.15) is 0 Å². The molecule has 0 unspecified atom stereocenters. The van der Waals surface area contributed by atoms with Crippen LogP contribution < -0.4 is 0 Å². The van der Waals surface area contributed by atoms with E-state index in [1.165, 1.54) is 6.61 Å². The van der Waals surface area contributed by atoms with E-state index in [2.05, 4.69) is 0 Å². The van der Waals surface area contributed by atoms with E-state index in [0.717, 1.165) is 0 Å². The van der Waals surface area contributed by atoms with E-state index in [4.69, 9.17) is 18.9 Å². The van der Waals surface area contributed by atoms with Crippen molar-refractivity contribution in [3.05, 3.63) is 6.61 Å². The molecular formula is C15H23O7. The van der Waals surface area contributed by atoms with Crippen molar-refractivity contribution in [2.75, 3.05) is 0 Å². The highest BCUT2D eigenvalue weighted by Gasteiger charge is 2.45. The molecule has 0 amide bonds. The number of hydrogen-bond donors (Lipinski definition) is 0. The molecule has 0 aromatic heterocycles. The molecule has 0 aromatic carbocycles. The third kappa shape index (κ3) is 4.98. The van der Waals surface area contributed by atoms with Gasteiger partial charge in [-0.25, -0.2) is 0 Å².